The van der Waals surface area contributed by atoms with Gasteiger partial charge in [-0.2, -0.15) is 9.97 Å². The van der Waals surface area contributed by atoms with Crippen LogP contribution in [0.15, 0.2) is 11.8 Å². The van der Waals surface area contributed by atoms with E-state index in [4.69, 9.17) is 49.1 Å². The van der Waals surface area contributed by atoms with Crippen LogP contribution in [0, 0.1) is 36.8 Å². The van der Waals surface area contributed by atoms with E-state index in [2.05, 4.69) is 76.9 Å². The fraction of sp³-hybridized carbons (Fsp3) is 0.674. The zero-order valence-electron chi connectivity index (χ0n) is 36.6. The van der Waals surface area contributed by atoms with Gasteiger partial charge in [0.15, 0.2) is 5.78 Å². The number of ketones is 2. The smallest absolute Gasteiger partial charge is 0.282 e. The molecule has 0 bridgehead atoms. The summed E-state index contributed by atoms with van der Waals surface area (Å²) in [5.41, 5.74) is 3.12. The molecule has 56 heavy (non-hydrogen) atoms. The van der Waals surface area contributed by atoms with Crippen molar-refractivity contribution in [3.63, 3.8) is 0 Å². The maximum atomic E-state index is 12.6. The molecular weight excluding hydrogens is 730 g/mol. The van der Waals surface area contributed by atoms with Gasteiger partial charge in [-0.15, -0.1) is 5.00 Å². The highest BCUT2D eigenvalue weighted by atomic mass is 35.5. The van der Waals surface area contributed by atoms with Gasteiger partial charge in [0, 0.05) is 64.2 Å². The van der Waals surface area contributed by atoms with Crippen molar-refractivity contribution in [2.45, 2.75) is 150 Å². The number of fused-ring (bicyclic) bond motifs is 6. The number of ether oxygens (including phenoxy) is 2. The summed E-state index contributed by atoms with van der Waals surface area (Å²) in [5.74, 6) is 2.99. The van der Waals surface area contributed by atoms with Crippen LogP contribution in [0.4, 0.5) is 0 Å². The third-order valence-electron chi connectivity index (χ3n) is 11.9. The summed E-state index contributed by atoms with van der Waals surface area (Å²) in [6.07, 6.45) is 5.81. The molecule has 2 N–H and O–H groups in total. The van der Waals surface area contributed by atoms with Crippen LogP contribution < -0.4 is 14.5 Å². The molecule has 0 spiro atoms. The van der Waals surface area contributed by atoms with Gasteiger partial charge in [0.1, 0.15) is 11.6 Å². The Morgan fingerprint density at radius 1 is 0.893 bits per heavy atom. The van der Waals surface area contributed by atoms with Crippen LogP contribution in [-0.4, -0.2) is 56.0 Å². The van der Waals surface area contributed by atoms with E-state index < -0.39 is 11.5 Å². The predicted molar refractivity (Wildman–Crippen MR) is 218 cm³/mol. The second-order valence-corrected chi connectivity index (χ2v) is 17.8. The number of carbonyl (C=O) groups excluding carboxylic acids is 2. The van der Waals surface area contributed by atoms with E-state index in [9.17, 15) is 9.59 Å². The fourth-order valence-electron chi connectivity index (χ4n) is 9.01. The van der Waals surface area contributed by atoms with E-state index in [-0.39, 0.29) is 57.2 Å². The Morgan fingerprint density at radius 3 is 1.80 bits per heavy atom. The van der Waals surface area contributed by atoms with Crippen LogP contribution in [-0.2, 0) is 44.1 Å². The van der Waals surface area contributed by atoms with Crippen LogP contribution in [0.1, 0.15) is 145 Å². The Balaban J connectivity index is 0.000000275. The molecule has 2 heterocycles. The van der Waals surface area contributed by atoms with Gasteiger partial charge in [-0.25, -0.2) is 21.4 Å². The molecule has 13 heteroatoms. The number of nitrogens with one attached hydrogen (secondary N) is 1. The summed E-state index contributed by atoms with van der Waals surface area (Å²) in [6, 6.07) is -0.569. The average Bonchev–Trinajstić information content (AvgIpc) is 3.15. The fourth-order valence-corrected chi connectivity index (χ4v) is 9.01. The third kappa shape index (κ3) is 8.63. The van der Waals surface area contributed by atoms with Crippen molar-refractivity contribution in [1.29, 1.82) is 0 Å². The lowest BCUT2D eigenvalue weighted by molar-refractivity contribution is -0.129. The van der Waals surface area contributed by atoms with Crippen molar-refractivity contribution in [3.8, 4) is 11.8 Å². The van der Waals surface area contributed by atoms with E-state index in [1.807, 2.05) is 33.8 Å². The van der Waals surface area contributed by atoms with Crippen LogP contribution in [0.3, 0.4) is 0 Å². The number of hydrogen-bond acceptors (Lipinski definition) is 10. The Hall–Kier alpha value is -3.97. The molecule has 2 aromatic rings. The number of rotatable bonds is 4. The molecule has 0 aliphatic heterocycles. The summed E-state index contributed by atoms with van der Waals surface area (Å²) in [6.45, 7) is 40.7. The molecule has 2 aromatic heterocycles. The highest BCUT2D eigenvalue weighted by molar-refractivity contribution is 6.12. The summed E-state index contributed by atoms with van der Waals surface area (Å²) < 4.78 is 17.5. The molecule has 1 unspecified atom stereocenters. The van der Waals surface area contributed by atoms with Gasteiger partial charge < -0.3 is 24.3 Å². The summed E-state index contributed by atoms with van der Waals surface area (Å²) in [5, 5.41) is 7.08. The van der Waals surface area contributed by atoms with Crippen LogP contribution in [0.25, 0.3) is 9.69 Å². The van der Waals surface area contributed by atoms with Gasteiger partial charge >= 0.3 is 0 Å². The van der Waals surface area contributed by atoms with Crippen LogP contribution >= 0.6 is 11.8 Å². The standard InChI is InChI=1S/C21H29N3O2.C21H27N3O2.CH4.ClH2NO/c2*1-8-26-18-13-9-10-14-12(2)16(25)15(22-7)11-21(14,6)17(13)23-19(24-18)20(3,4)5;;1-2-3/h12,14-15H,8-11H2,1-6H3;11-12,14H,8-10H2,1-6H3;1H4;2-3H/t12-,14-,15?,21-;12-,14-,21-;;/m00../s1/i;;1T;. The first-order valence-electron chi connectivity index (χ1n) is 20.3. The molecule has 4 aliphatic carbocycles. The largest absolute Gasteiger partial charge is 0.478 e. The Kier molecular flexibility index (Phi) is 14.1. The zero-order chi connectivity index (χ0) is 43.3. The predicted octanol–water partition coefficient (Wildman–Crippen LogP) is 8.66. The third-order valence-corrected chi connectivity index (χ3v) is 11.9. The molecule has 6 rings (SSSR count). The monoisotopic (exact) mass is 793 g/mol. The molecule has 0 saturated heterocycles. The summed E-state index contributed by atoms with van der Waals surface area (Å²) >= 11 is 4.30. The first-order valence-corrected chi connectivity index (χ1v) is 19.7. The van der Waals surface area contributed by atoms with Crippen LogP contribution in [0.5, 0.6) is 11.8 Å². The highest BCUT2D eigenvalue weighted by Gasteiger charge is 2.56. The Labute approximate surface area is 340 Å². The number of allylic oxidation sites excluding steroid dienone is 2. The van der Waals surface area contributed by atoms with Gasteiger partial charge in [-0.1, -0.05) is 82.7 Å². The van der Waals surface area contributed by atoms with Gasteiger partial charge in [0.25, 0.3) is 6.04 Å². The molecule has 1 fully saturated rings. The molecule has 1 saturated carbocycles. The molecule has 306 valence electrons. The van der Waals surface area contributed by atoms with E-state index in [1.165, 1.54) is 12.4 Å². The van der Waals surface area contributed by atoms with Crippen molar-refractivity contribution in [2.75, 3.05) is 13.2 Å². The maximum absolute atomic E-state index is 12.6. The van der Waals surface area contributed by atoms with Crippen molar-refractivity contribution in [3.05, 3.63) is 68.8 Å². The van der Waals surface area contributed by atoms with Crippen molar-refractivity contribution < 1.29 is 25.6 Å². The van der Waals surface area contributed by atoms with Gasteiger partial charge in [-0.05, 0) is 51.4 Å². The Morgan fingerprint density at radius 2 is 1.36 bits per heavy atom. The van der Waals surface area contributed by atoms with Gasteiger partial charge in [0.05, 0.1) is 31.2 Å². The molecule has 0 amide bonds. The molecule has 12 nitrogen and oxygen atoms in total. The highest BCUT2D eigenvalue weighted by Crippen LogP contribution is 2.53. The quantitative estimate of drug-likeness (QED) is 0.175. The maximum Gasteiger partial charge on any atom is 0.282 e. The number of halogens is 1. The molecular formula is C43H62ClN7O5. The number of aromatic nitrogens is 4. The number of carbonyl (C=O) groups is 2. The minimum absolute atomic E-state index is 0.0407. The van der Waals surface area contributed by atoms with Crippen molar-refractivity contribution in [2.24, 2.45) is 23.7 Å². The number of hydrogen-bond donors (Lipinski definition) is 2. The first-order chi connectivity index (χ1) is 26.7. The lowest BCUT2D eigenvalue weighted by Gasteiger charge is -2.47. The van der Waals surface area contributed by atoms with Gasteiger partial charge in [-0.3, -0.25) is 4.79 Å². The average molecular weight is 794 g/mol. The van der Waals surface area contributed by atoms with E-state index in [0.29, 0.717) is 31.4 Å². The molecule has 0 radical (unpaired) electrons. The van der Waals surface area contributed by atoms with Gasteiger partial charge in [0.2, 0.25) is 23.2 Å². The van der Waals surface area contributed by atoms with Crippen molar-refractivity contribution >= 4 is 23.3 Å². The SMILES string of the molecule is ONCl.[3H]C.[C-]#[N+]C1=C[C@]2(C)c3nc(C(C)(C)C)nc(OCC)c3CC[C@H]2[C@H](C)C1=O.[C-]#[N+]C1C[C@]2(C)c3nc(C(C)(C)C)nc(OCC)c3CC[C@H]2[C@H](C)C1=O. The minimum atomic E-state index is -0.569. The molecule has 7 atom stereocenters. The van der Waals surface area contributed by atoms with Crippen molar-refractivity contribution in [1.82, 2.24) is 24.9 Å². The second-order valence-electron chi connectivity index (χ2n) is 17.6. The minimum Gasteiger partial charge on any atom is -0.478 e. The first kappa shape index (κ1) is 44.7. The molecule has 4 aliphatic rings. The van der Waals surface area contributed by atoms with E-state index in [0.717, 1.165) is 59.8 Å². The summed E-state index contributed by atoms with van der Waals surface area (Å²) in [7, 11) is 1.25. The van der Waals surface area contributed by atoms with Crippen LogP contribution in [0.2, 0.25) is 0 Å². The topological polar surface area (TPSA) is 145 Å². The normalized spacial score (nSPS) is 27.8. The number of Topliss-reactive ketones (excluding diaryl/α,β-unsaturated/α-hetero) is 2. The van der Waals surface area contributed by atoms with E-state index in [1.54, 1.807) is 0 Å². The molecule has 0 aromatic carbocycles. The summed E-state index contributed by atoms with van der Waals surface area (Å²) in [4.78, 5) is 52.9. The number of nitrogens with zero attached hydrogens (tertiary/aromatic N) is 6. The second kappa shape index (κ2) is 17.7. The Bertz CT molecular complexity index is 1910. The lowest BCUT2D eigenvalue weighted by atomic mass is 9.55. The zero-order valence-corrected chi connectivity index (χ0v) is 36.3. The van der Waals surface area contributed by atoms with E-state index >= 15 is 0 Å². The lowest BCUT2D eigenvalue weighted by Crippen LogP contribution is -2.52.